The van der Waals surface area contributed by atoms with Crippen molar-refractivity contribution in [2.75, 3.05) is 37.7 Å². The maximum Gasteiger partial charge on any atom is 0.407 e. The molecule has 4 amide bonds. The average Bonchev–Trinajstić information content (AvgIpc) is 2.89. The molecule has 0 aromatic carbocycles. The third-order valence-electron chi connectivity index (χ3n) is 6.46. The molecule has 0 aliphatic carbocycles. The molecule has 1 atom stereocenters. The highest BCUT2D eigenvalue weighted by Crippen LogP contribution is 2.14. The van der Waals surface area contributed by atoms with E-state index in [1.807, 2.05) is 0 Å². The highest BCUT2D eigenvalue weighted by Gasteiger charge is 2.25. The van der Waals surface area contributed by atoms with Gasteiger partial charge in [-0.3, -0.25) is 9.59 Å². The second-order valence-electron chi connectivity index (χ2n) is 13.4. The smallest absolute Gasteiger partial charge is 0.407 e. The van der Waals surface area contributed by atoms with E-state index in [4.69, 9.17) is 9.47 Å². The fourth-order valence-corrected chi connectivity index (χ4v) is 5.45. The van der Waals surface area contributed by atoms with Crippen molar-refractivity contribution in [1.82, 2.24) is 20.9 Å². The van der Waals surface area contributed by atoms with Gasteiger partial charge in [-0.1, -0.05) is 64.7 Å². The molecule has 0 radical (unpaired) electrons. The van der Waals surface area contributed by atoms with Crippen LogP contribution in [0.2, 0.25) is 0 Å². The molecule has 11 heteroatoms. The first-order valence-electron chi connectivity index (χ1n) is 16.7. The van der Waals surface area contributed by atoms with Gasteiger partial charge in [-0.15, -0.1) is 0 Å². The Morgan fingerprint density at radius 1 is 0.682 bits per heavy atom. The number of unbranched alkanes of at least 4 members (excludes halogenated alkanes) is 9. The Kier molecular flexibility index (Phi) is 22.9. The Bertz CT molecular complexity index is 777. The van der Waals surface area contributed by atoms with Crippen LogP contribution in [0.4, 0.5) is 9.59 Å². The lowest BCUT2D eigenvalue weighted by atomic mass is 10.1. The van der Waals surface area contributed by atoms with Crippen LogP contribution >= 0.6 is 11.8 Å². The summed E-state index contributed by atoms with van der Waals surface area (Å²) in [6, 6.07) is -0.641. The number of nitrogens with one attached hydrogen (secondary N) is 3. The summed E-state index contributed by atoms with van der Waals surface area (Å²) >= 11 is 1.69. The minimum Gasteiger partial charge on any atom is -0.444 e. The van der Waals surface area contributed by atoms with Crippen LogP contribution in [-0.2, 0) is 19.1 Å². The Hall–Kier alpha value is -2.17. The fourth-order valence-electron chi connectivity index (χ4n) is 4.41. The molecule has 0 aliphatic heterocycles. The minimum absolute atomic E-state index is 0.162. The third kappa shape index (κ3) is 26.3. The maximum absolute atomic E-state index is 13.6. The molecule has 0 rings (SSSR count). The predicted octanol–water partition coefficient (Wildman–Crippen LogP) is 6.80. The van der Waals surface area contributed by atoms with Crippen LogP contribution in [0, 0.1) is 0 Å². The molecule has 0 saturated carbocycles. The summed E-state index contributed by atoms with van der Waals surface area (Å²) < 4.78 is 10.6. The van der Waals surface area contributed by atoms with Crippen LogP contribution in [0.25, 0.3) is 0 Å². The number of rotatable bonds is 23. The number of amides is 4. The molecule has 0 unspecified atom stereocenters. The van der Waals surface area contributed by atoms with Crippen molar-refractivity contribution in [1.29, 1.82) is 0 Å². The fraction of sp³-hybridized carbons (Fsp3) is 0.879. The molecule has 3 N–H and O–H groups in total. The van der Waals surface area contributed by atoms with E-state index in [-0.39, 0.29) is 11.8 Å². The van der Waals surface area contributed by atoms with Crippen LogP contribution in [0.15, 0.2) is 0 Å². The van der Waals surface area contributed by atoms with Crippen molar-refractivity contribution in [3.63, 3.8) is 0 Å². The number of thioether (sulfide) groups is 1. The quantitative estimate of drug-likeness (QED) is 0.104. The Balaban J connectivity index is 4.88. The van der Waals surface area contributed by atoms with Crippen LogP contribution in [0.3, 0.4) is 0 Å². The summed E-state index contributed by atoms with van der Waals surface area (Å²) in [5.74, 6) is 1.03. The summed E-state index contributed by atoms with van der Waals surface area (Å²) in [6.45, 7) is 15.9. The van der Waals surface area contributed by atoms with Gasteiger partial charge in [0.05, 0.1) is 0 Å². The van der Waals surface area contributed by atoms with Crippen molar-refractivity contribution in [3.05, 3.63) is 0 Å². The minimum atomic E-state index is -0.641. The van der Waals surface area contributed by atoms with E-state index in [1.165, 1.54) is 64.7 Å². The zero-order valence-corrected chi connectivity index (χ0v) is 29.9. The number of hydrogen-bond acceptors (Lipinski definition) is 7. The van der Waals surface area contributed by atoms with Gasteiger partial charge >= 0.3 is 12.2 Å². The normalized spacial score (nSPS) is 12.3. The molecule has 0 heterocycles. The molecule has 0 spiro atoms. The Labute approximate surface area is 272 Å². The van der Waals surface area contributed by atoms with Gasteiger partial charge in [0.25, 0.3) is 0 Å². The molecular formula is C33H64N4O6S. The van der Waals surface area contributed by atoms with Crippen LogP contribution < -0.4 is 16.0 Å². The van der Waals surface area contributed by atoms with Crippen molar-refractivity contribution in [2.24, 2.45) is 0 Å². The molecule has 0 fully saturated rings. The highest BCUT2D eigenvalue weighted by molar-refractivity contribution is 7.99. The van der Waals surface area contributed by atoms with E-state index in [0.717, 1.165) is 12.2 Å². The molecule has 44 heavy (non-hydrogen) atoms. The molecule has 0 saturated heterocycles. The zero-order chi connectivity index (χ0) is 33.4. The SMILES string of the molecule is CCCCCCCCCCCCSC[C@H](NC(C)=O)C(=O)N(CCCNC(=O)OC(C)(C)C)CCCNC(=O)OC(C)(C)C. The van der Waals surface area contributed by atoms with Gasteiger partial charge in [0.2, 0.25) is 11.8 Å². The van der Waals surface area contributed by atoms with E-state index in [1.54, 1.807) is 58.2 Å². The van der Waals surface area contributed by atoms with E-state index < -0.39 is 29.4 Å². The number of ether oxygens (including phenoxy) is 2. The van der Waals surface area contributed by atoms with E-state index in [0.29, 0.717) is 44.8 Å². The molecule has 258 valence electrons. The van der Waals surface area contributed by atoms with Gasteiger partial charge in [0.1, 0.15) is 17.2 Å². The number of carbonyl (C=O) groups is 4. The molecule has 0 bridgehead atoms. The van der Waals surface area contributed by atoms with Crippen molar-refractivity contribution in [2.45, 2.75) is 150 Å². The molecule has 0 aliphatic rings. The van der Waals surface area contributed by atoms with Crippen molar-refractivity contribution in [3.8, 4) is 0 Å². The Morgan fingerprint density at radius 2 is 1.11 bits per heavy atom. The Morgan fingerprint density at radius 3 is 1.52 bits per heavy atom. The standard InChI is InChI=1S/C33H64N4O6S/c1-9-10-11-12-13-14-15-16-17-18-25-44-26-28(36-27(2)38)29(39)37(23-19-21-34-30(40)42-32(3,4)5)24-20-22-35-31(41)43-33(6,7)8/h28H,9-26H2,1-8H3,(H,34,40)(H,35,41)(H,36,38)/t28-/m0/s1. The van der Waals surface area contributed by atoms with Gasteiger partial charge < -0.3 is 30.3 Å². The topological polar surface area (TPSA) is 126 Å². The molecule has 0 aromatic rings. The number of hydrogen-bond donors (Lipinski definition) is 3. The van der Waals surface area contributed by atoms with Gasteiger partial charge in [-0.2, -0.15) is 11.8 Å². The van der Waals surface area contributed by atoms with Gasteiger partial charge in [-0.25, -0.2) is 9.59 Å². The molecule has 10 nitrogen and oxygen atoms in total. The largest absolute Gasteiger partial charge is 0.444 e. The van der Waals surface area contributed by atoms with Crippen LogP contribution in [0.5, 0.6) is 0 Å². The van der Waals surface area contributed by atoms with Crippen LogP contribution in [-0.4, -0.2) is 83.8 Å². The first kappa shape index (κ1) is 41.8. The second kappa shape index (κ2) is 24.1. The van der Waals surface area contributed by atoms with E-state index in [2.05, 4.69) is 22.9 Å². The number of alkyl carbamates (subject to hydrolysis) is 2. The summed E-state index contributed by atoms with van der Waals surface area (Å²) in [5, 5.41) is 8.30. The summed E-state index contributed by atoms with van der Waals surface area (Å²) in [7, 11) is 0. The molecule has 0 aromatic heterocycles. The van der Waals surface area contributed by atoms with E-state index >= 15 is 0 Å². The van der Waals surface area contributed by atoms with Gasteiger partial charge in [0, 0.05) is 38.9 Å². The van der Waals surface area contributed by atoms with E-state index in [9.17, 15) is 19.2 Å². The third-order valence-corrected chi connectivity index (χ3v) is 7.61. The first-order valence-corrected chi connectivity index (χ1v) is 17.9. The van der Waals surface area contributed by atoms with Crippen molar-refractivity contribution < 1.29 is 28.7 Å². The lowest BCUT2D eigenvalue weighted by molar-refractivity contribution is -0.135. The number of nitrogens with zero attached hydrogens (tertiary/aromatic N) is 1. The first-order chi connectivity index (χ1) is 20.6. The average molecular weight is 645 g/mol. The maximum atomic E-state index is 13.6. The second-order valence-corrected chi connectivity index (χ2v) is 14.5. The lowest BCUT2D eigenvalue weighted by Gasteiger charge is -2.28. The summed E-state index contributed by atoms with van der Waals surface area (Å²) in [4.78, 5) is 51.3. The highest BCUT2D eigenvalue weighted by atomic mass is 32.2. The zero-order valence-electron chi connectivity index (χ0n) is 29.1. The summed E-state index contributed by atoms with van der Waals surface area (Å²) in [6.07, 6.45) is 12.8. The lowest BCUT2D eigenvalue weighted by Crippen LogP contribution is -2.50. The summed E-state index contributed by atoms with van der Waals surface area (Å²) in [5.41, 5.74) is -1.19. The predicted molar refractivity (Wildman–Crippen MR) is 181 cm³/mol. The van der Waals surface area contributed by atoms with Crippen LogP contribution in [0.1, 0.15) is 132 Å². The number of carbonyl (C=O) groups excluding carboxylic acids is 4. The van der Waals surface area contributed by atoms with Gasteiger partial charge in [0.15, 0.2) is 0 Å². The van der Waals surface area contributed by atoms with Gasteiger partial charge in [-0.05, 0) is 66.6 Å². The van der Waals surface area contributed by atoms with Crippen molar-refractivity contribution >= 4 is 35.8 Å². The monoisotopic (exact) mass is 644 g/mol. The molecular weight excluding hydrogens is 580 g/mol.